The lowest BCUT2D eigenvalue weighted by molar-refractivity contribution is -0.255. The van der Waals surface area contributed by atoms with Crippen LogP contribution in [0.3, 0.4) is 0 Å². The molecule has 1 aliphatic carbocycles. The van der Waals surface area contributed by atoms with Gasteiger partial charge in [-0.2, -0.15) is 13.2 Å². The Balaban J connectivity index is 1.40. The lowest BCUT2D eigenvalue weighted by atomic mass is 9.93. The molecule has 0 aromatic heterocycles. The molecule has 0 bridgehead atoms. The Morgan fingerprint density at radius 2 is 1.68 bits per heavy atom. The average Bonchev–Trinajstić information content (AvgIpc) is 2.98. The second kappa shape index (κ2) is 11.2. The van der Waals surface area contributed by atoms with Crippen LogP contribution in [-0.2, 0) is 0 Å². The Hall–Kier alpha value is -3.89. The van der Waals surface area contributed by atoms with Crippen LogP contribution in [0.15, 0.2) is 65.1 Å². The molecule has 1 N–H and O–H groups in total. The van der Waals surface area contributed by atoms with Crippen molar-refractivity contribution in [3.8, 4) is 22.5 Å². The Kier molecular flexibility index (Phi) is 7.44. The first kappa shape index (κ1) is 27.3. The first-order chi connectivity index (χ1) is 19.7. The fourth-order valence-electron chi connectivity index (χ4n) is 5.78. The number of nitrogens with zero attached hydrogens (tertiary/aromatic N) is 3. The van der Waals surface area contributed by atoms with Gasteiger partial charge in [-0.1, -0.05) is 24.3 Å². The van der Waals surface area contributed by atoms with Crippen molar-refractivity contribution in [3.05, 3.63) is 71.6 Å². The molecule has 0 spiro atoms. The number of halogens is 3. The van der Waals surface area contributed by atoms with Crippen LogP contribution in [0.25, 0.3) is 33.4 Å². The van der Waals surface area contributed by atoms with Gasteiger partial charge in [-0.05, 0) is 29.3 Å². The van der Waals surface area contributed by atoms with Gasteiger partial charge in [-0.25, -0.2) is 4.58 Å². The zero-order valence-electron chi connectivity index (χ0n) is 22.5. The normalized spacial score (nSPS) is 17.0. The van der Waals surface area contributed by atoms with E-state index in [4.69, 9.17) is 4.42 Å². The molecule has 2 fully saturated rings. The Bertz CT molecular complexity index is 1600. The molecule has 4 aliphatic rings. The topological polar surface area (TPSA) is 74.8 Å². The van der Waals surface area contributed by atoms with Crippen molar-refractivity contribution >= 4 is 22.6 Å². The van der Waals surface area contributed by atoms with Gasteiger partial charge in [0, 0.05) is 67.1 Å². The smallest absolute Gasteiger partial charge is 0.390 e. The summed E-state index contributed by atoms with van der Waals surface area (Å²) in [5.41, 5.74) is 4.48. The van der Waals surface area contributed by atoms with Crippen molar-refractivity contribution in [2.45, 2.75) is 12.6 Å². The van der Waals surface area contributed by atoms with Gasteiger partial charge in [0.15, 0.2) is 13.1 Å². The quantitative estimate of drug-likeness (QED) is 0.297. The number of hydrogen-bond acceptors (Lipinski definition) is 6. The lowest BCUT2D eigenvalue weighted by Gasteiger charge is -2.36. The summed E-state index contributed by atoms with van der Waals surface area (Å²) in [6.07, 6.45) is -4.94. The van der Waals surface area contributed by atoms with Gasteiger partial charge in [-0.3, -0.25) is 4.90 Å². The van der Waals surface area contributed by atoms with Crippen LogP contribution < -0.4 is 25.3 Å². The summed E-state index contributed by atoms with van der Waals surface area (Å²) in [6, 6.07) is 18.9. The largest absolute Gasteiger partial charge is 0.545 e. The van der Waals surface area contributed by atoms with E-state index >= 15 is 0 Å². The van der Waals surface area contributed by atoms with Crippen LogP contribution >= 0.6 is 0 Å². The number of piperazine rings is 2. The fourth-order valence-corrected chi connectivity index (χ4v) is 5.78. The van der Waals surface area contributed by atoms with E-state index in [1.54, 1.807) is 24.3 Å². The third-order valence-corrected chi connectivity index (χ3v) is 8.03. The SMILES string of the molecule is O=C([O-])c1ccc(-c2c3ccc(=[N+]4CCNCC4)cc-3oc3cc(N4CCN(CCC(F)(F)F)CC4)ccc23)cc1. The summed E-state index contributed by atoms with van der Waals surface area (Å²) in [7, 11) is 0. The maximum Gasteiger partial charge on any atom is 0.390 e. The molecule has 6 rings (SSSR count). The lowest BCUT2D eigenvalue weighted by Crippen LogP contribution is -2.47. The van der Waals surface area contributed by atoms with E-state index in [-0.39, 0.29) is 12.1 Å². The predicted octanol–water partition coefficient (Wildman–Crippen LogP) is 3.02. The Labute approximate surface area is 235 Å². The molecule has 214 valence electrons. The number of carbonyl (C=O) groups excluding carboxylic acids is 1. The molecule has 0 radical (unpaired) electrons. The van der Waals surface area contributed by atoms with Crippen molar-refractivity contribution in [1.29, 1.82) is 0 Å². The minimum Gasteiger partial charge on any atom is -0.545 e. The second-order valence-corrected chi connectivity index (χ2v) is 10.6. The van der Waals surface area contributed by atoms with Crippen LogP contribution in [0.5, 0.6) is 0 Å². The van der Waals surface area contributed by atoms with Crippen LogP contribution in [0, 0.1) is 0 Å². The number of nitrogens with one attached hydrogen (secondary N) is 1. The summed E-state index contributed by atoms with van der Waals surface area (Å²) < 4.78 is 46.9. The highest BCUT2D eigenvalue weighted by molar-refractivity contribution is 6.03. The summed E-state index contributed by atoms with van der Waals surface area (Å²) in [6.45, 7) is 6.02. The minimum absolute atomic E-state index is 0.0197. The van der Waals surface area contributed by atoms with Crippen molar-refractivity contribution in [2.24, 2.45) is 0 Å². The highest BCUT2D eigenvalue weighted by Crippen LogP contribution is 2.41. The standard InChI is InChI=1S/C31H31F3N4O3/c32-31(33,34)9-12-36-15-17-38(18-16-36)24-6-8-26-28(20-24)41-27-19-23(37-13-10-35-11-14-37)5-7-25(27)29(26)21-1-3-22(4-2-21)30(39)40/h1-8,19-20,35H,9-18H2. The van der Waals surface area contributed by atoms with Crippen molar-refractivity contribution in [2.75, 3.05) is 63.8 Å². The van der Waals surface area contributed by atoms with Gasteiger partial charge in [0.2, 0.25) is 5.36 Å². The Morgan fingerprint density at radius 3 is 2.37 bits per heavy atom. The van der Waals surface area contributed by atoms with Crippen LogP contribution in [0.4, 0.5) is 18.9 Å². The monoisotopic (exact) mass is 564 g/mol. The Morgan fingerprint density at radius 1 is 0.951 bits per heavy atom. The number of anilines is 1. The first-order valence-electron chi connectivity index (χ1n) is 13.9. The van der Waals surface area contributed by atoms with Gasteiger partial charge in [-0.15, -0.1) is 0 Å². The second-order valence-electron chi connectivity index (χ2n) is 10.6. The molecule has 0 saturated carbocycles. The number of fused-ring (bicyclic) bond motifs is 2. The average molecular weight is 565 g/mol. The van der Waals surface area contributed by atoms with Gasteiger partial charge in [0.1, 0.15) is 11.3 Å². The van der Waals surface area contributed by atoms with Gasteiger partial charge < -0.3 is 24.5 Å². The van der Waals surface area contributed by atoms with Crippen LogP contribution in [-0.4, -0.2) is 75.9 Å². The van der Waals surface area contributed by atoms with Gasteiger partial charge in [0.25, 0.3) is 0 Å². The summed E-state index contributed by atoms with van der Waals surface area (Å²) in [5.74, 6) is -0.500. The number of alkyl halides is 3. The molecule has 0 unspecified atom stereocenters. The minimum atomic E-state index is -4.15. The third-order valence-electron chi connectivity index (χ3n) is 8.03. The first-order valence-corrected chi connectivity index (χ1v) is 13.9. The number of aromatic carboxylic acids is 1. The molecule has 2 aromatic rings. The molecule has 7 nitrogen and oxygen atoms in total. The van der Waals surface area contributed by atoms with E-state index in [0.717, 1.165) is 65.1 Å². The molecule has 3 aliphatic heterocycles. The predicted molar refractivity (Wildman–Crippen MR) is 150 cm³/mol. The molecular formula is C31H31F3N4O3. The number of benzene rings is 3. The van der Waals surface area contributed by atoms with E-state index in [0.29, 0.717) is 31.8 Å². The molecule has 2 aromatic carbocycles. The van der Waals surface area contributed by atoms with Crippen molar-refractivity contribution < 1.29 is 27.5 Å². The molecule has 2 saturated heterocycles. The van der Waals surface area contributed by atoms with Gasteiger partial charge >= 0.3 is 6.18 Å². The number of carboxylic acid groups (broad SMARTS) is 1. The zero-order valence-corrected chi connectivity index (χ0v) is 22.5. The molecule has 0 amide bonds. The summed E-state index contributed by atoms with van der Waals surface area (Å²) in [4.78, 5) is 15.4. The number of hydrogen-bond donors (Lipinski definition) is 1. The van der Waals surface area contributed by atoms with E-state index < -0.39 is 18.6 Å². The van der Waals surface area contributed by atoms with Gasteiger partial charge in [0.05, 0.1) is 31.5 Å². The molecule has 0 atom stereocenters. The van der Waals surface area contributed by atoms with Crippen LogP contribution in [0.2, 0.25) is 0 Å². The molecule has 3 heterocycles. The van der Waals surface area contributed by atoms with E-state index in [9.17, 15) is 23.1 Å². The van der Waals surface area contributed by atoms with Crippen LogP contribution in [0.1, 0.15) is 16.8 Å². The maximum atomic E-state index is 12.7. The van der Waals surface area contributed by atoms with Crippen molar-refractivity contribution in [1.82, 2.24) is 14.8 Å². The number of carbonyl (C=O) groups is 1. The fraction of sp³-hybridized carbons (Fsp3) is 0.355. The summed E-state index contributed by atoms with van der Waals surface area (Å²) >= 11 is 0. The molecule has 41 heavy (non-hydrogen) atoms. The van der Waals surface area contributed by atoms with E-state index in [1.165, 1.54) is 0 Å². The highest BCUT2D eigenvalue weighted by atomic mass is 19.4. The van der Waals surface area contributed by atoms with Crippen molar-refractivity contribution in [3.63, 3.8) is 0 Å². The number of carboxylic acids is 1. The van der Waals surface area contributed by atoms with E-state index in [1.807, 2.05) is 23.1 Å². The molecule has 10 heteroatoms. The zero-order chi connectivity index (χ0) is 28.6. The summed E-state index contributed by atoms with van der Waals surface area (Å²) in [5, 5.41) is 16.7. The molecular weight excluding hydrogens is 533 g/mol. The maximum absolute atomic E-state index is 12.7. The van der Waals surface area contributed by atoms with E-state index in [2.05, 4.69) is 33.0 Å². The third kappa shape index (κ3) is 5.94. The highest BCUT2D eigenvalue weighted by Gasteiger charge is 2.29. The number of rotatable bonds is 5.